The summed E-state index contributed by atoms with van der Waals surface area (Å²) in [6.07, 6.45) is 1.57. The van der Waals surface area contributed by atoms with Crippen LogP contribution in [0.1, 0.15) is 16.7 Å². The number of hydrogen-bond acceptors (Lipinski definition) is 5. The molecule has 0 unspecified atom stereocenters. The van der Waals surface area contributed by atoms with Crippen LogP contribution in [0.15, 0.2) is 75.8 Å². The lowest BCUT2D eigenvalue weighted by Crippen LogP contribution is -2.05. The quantitative estimate of drug-likeness (QED) is 0.262. The van der Waals surface area contributed by atoms with E-state index in [2.05, 4.69) is 20.9 Å². The van der Waals surface area contributed by atoms with Crippen LogP contribution in [-0.4, -0.2) is 19.0 Å². The van der Waals surface area contributed by atoms with E-state index in [1.165, 1.54) is 7.11 Å². The second-order valence-electron chi connectivity index (χ2n) is 6.77. The van der Waals surface area contributed by atoms with E-state index < -0.39 is 5.97 Å². The number of ether oxygens (including phenoxy) is 3. The van der Waals surface area contributed by atoms with Crippen molar-refractivity contribution in [1.82, 2.24) is 0 Å². The van der Waals surface area contributed by atoms with E-state index in [4.69, 9.17) is 37.4 Å². The fraction of sp³-hybridized carbons (Fsp3) is 0.0833. The zero-order valence-electron chi connectivity index (χ0n) is 16.8. The fourth-order valence-corrected chi connectivity index (χ4v) is 3.77. The van der Waals surface area contributed by atoms with Crippen LogP contribution in [0.2, 0.25) is 10.0 Å². The van der Waals surface area contributed by atoms with E-state index in [1.807, 2.05) is 24.3 Å². The molecule has 0 atom stereocenters. The van der Waals surface area contributed by atoms with Gasteiger partial charge in [0.05, 0.1) is 22.7 Å². The lowest BCUT2D eigenvalue weighted by Gasteiger charge is -2.13. The highest BCUT2D eigenvalue weighted by Gasteiger charge is 2.25. The molecule has 1 heterocycles. The van der Waals surface area contributed by atoms with Crippen molar-refractivity contribution in [3.63, 3.8) is 0 Å². The highest BCUT2D eigenvalue weighted by molar-refractivity contribution is 9.10. The van der Waals surface area contributed by atoms with Gasteiger partial charge in [-0.3, -0.25) is 0 Å². The molecular weight excluding hydrogens is 517 g/mol. The summed E-state index contributed by atoms with van der Waals surface area (Å²) >= 11 is 16.0. The van der Waals surface area contributed by atoms with Gasteiger partial charge >= 0.3 is 5.97 Å². The number of benzene rings is 3. The lowest BCUT2D eigenvalue weighted by molar-refractivity contribution is -0.129. The van der Waals surface area contributed by atoms with Crippen molar-refractivity contribution < 1.29 is 19.0 Å². The van der Waals surface area contributed by atoms with E-state index >= 15 is 0 Å². The largest absolute Gasteiger partial charge is 0.493 e. The molecule has 8 heteroatoms. The number of cyclic esters (lactones) is 1. The molecule has 0 N–H and O–H groups in total. The average molecular weight is 533 g/mol. The molecule has 32 heavy (non-hydrogen) atoms. The first-order valence-electron chi connectivity index (χ1n) is 9.47. The highest BCUT2D eigenvalue weighted by atomic mass is 79.9. The maximum Gasteiger partial charge on any atom is 0.363 e. The van der Waals surface area contributed by atoms with E-state index in [0.29, 0.717) is 39.3 Å². The Bertz CT molecular complexity index is 1240. The van der Waals surface area contributed by atoms with Gasteiger partial charge in [0.15, 0.2) is 17.2 Å². The second-order valence-corrected chi connectivity index (χ2v) is 8.50. The molecule has 0 spiro atoms. The number of carbonyl (C=O) groups excluding carboxylic acids is 1. The SMILES string of the molecule is COc1cc(/C=C2\N=C(c3ccccc3Cl)OC2=O)cc(Cl)c1OCc1ccc(Br)cc1. The molecule has 4 rings (SSSR count). The summed E-state index contributed by atoms with van der Waals surface area (Å²) in [6, 6.07) is 18.2. The van der Waals surface area contributed by atoms with Gasteiger partial charge in [0.2, 0.25) is 5.90 Å². The Morgan fingerprint density at radius 3 is 2.53 bits per heavy atom. The van der Waals surface area contributed by atoms with Gasteiger partial charge in [0.1, 0.15) is 6.61 Å². The molecular formula is C24H16BrCl2NO4. The third-order valence-electron chi connectivity index (χ3n) is 4.58. The Morgan fingerprint density at radius 2 is 1.81 bits per heavy atom. The Balaban J connectivity index is 1.59. The number of rotatable bonds is 6. The standard InChI is InChI=1S/C24H16BrCl2NO4/c1-30-21-12-15(10-19(27)22(21)31-13-14-6-8-16(25)9-7-14)11-20-24(29)32-23(28-20)17-4-2-3-5-18(17)26/h2-12H,13H2,1H3/b20-11-. The molecule has 1 aliphatic rings. The Kier molecular flexibility index (Phi) is 6.84. The second kappa shape index (κ2) is 9.77. The highest BCUT2D eigenvalue weighted by Crippen LogP contribution is 2.38. The predicted octanol–water partition coefficient (Wildman–Crippen LogP) is 6.69. The topological polar surface area (TPSA) is 57.1 Å². The molecule has 0 aromatic heterocycles. The van der Waals surface area contributed by atoms with E-state index in [1.54, 1.807) is 42.5 Å². The minimum atomic E-state index is -0.578. The van der Waals surface area contributed by atoms with Gasteiger partial charge in [0.25, 0.3) is 0 Å². The molecule has 0 bridgehead atoms. The molecule has 0 saturated carbocycles. The average Bonchev–Trinajstić information content (AvgIpc) is 3.14. The Morgan fingerprint density at radius 1 is 1.06 bits per heavy atom. The number of carbonyl (C=O) groups is 1. The van der Waals surface area contributed by atoms with Crippen molar-refractivity contribution in [2.45, 2.75) is 6.61 Å². The molecule has 5 nitrogen and oxygen atoms in total. The molecule has 0 saturated heterocycles. The first-order valence-corrected chi connectivity index (χ1v) is 11.0. The first kappa shape index (κ1) is 22.4. The molecule has 0 aliphatic carbocycles. The zero-order chi connectivity index (χ0) is 22.7. The molecule has 0 fully saturated rings. The van der Waals surface area contributed by atoms with Gasteiger partial charge in [-0.15, -0.1) is 0 Å². The normalized spacial score (nSPS) is 14.3. The molecule has 162 valence electrons. The summed E-state index contributed by atoms with van der Waals surface area (Å²) in [4.78, 5) is 16.6. The number of methoxy groups -OCH3 is 1. The summed E-state index contributed by atoms with van der Waals surface area (Å²) in [6.45, 7) is 0.321. The van der Waals surface area contributed by atoms with Crippen molar-refractivity contribution in [2.24, 2.45) is 4.99 Å². The van der Waals surface area contributed by atoms with Gasteiger partial charge in [-0.2, -0.15) is 0 Å². The summed E-state index contributed by atoms with van der Waals surface area (Å²) in [5.41, 5.74) is 2.26. The van der Waals surface area contributed by atoms with Crippen LogP contribution in [0, 0.1) is 0 Å². The summed E-state index contributed by atoms with van der Waals surface area (Å²) in [5.74, 6) is 0.418. The lowest BCUT2D eigenvalue weighted by atomic mass is 10.1. The third-order valence-corrected chi connectivity index (χ3v) is 5.72. The minimum absolute atomic E-state index is 0.126. The van der Waals surface area contributed by atoms with Gasteiger partial charge in [-0.1, -0.05) is 63.4 Å². The van der Waals surface area contributed by atoms with E-state index in [-0.39, 0.29) is 11.6 Å². The molecule has 1 aliphatic heterocycles. The van der Waals surface area contributed by atoms with Crippen LogP contribution in [-0.2, 0) is 16.1 Å². The number of hydrogen-bond donors (Lipinski definition) is 0. The summed E-state index contributed by atoms with van der Waals surface area (Å²) in [7, 11) is 1.52. The Labute approximate surface area is 203 Å². The van der Waals surface area contributed by atoms with Crippen molar-refractivity contribution in [1.29, 1.82) is 0 Å². The van der Waals surface area contributed by atoms with Crippen molar-refractivity contribution in [3.05, 3.63) is 97.6 Å². The van der Waals surface area contributed by atoms with Gasteiger partial charge in [0, 0.05) is 4.47 Å². The van der Waals surface area contributed by atoms with Gasteiger partial charge in [-0.25, -0.2) is 9.79 Å². The zero-order valence-corrected chi connectivity index (χ0v) is 19.9. The Hall–Kier alpha value is -2.80. The fourth-order valence-electron chi connectivity index (χ4n) is 3.02. The van der Waals surface area contributed by atoms with Crippen molar-refractivity contribution >= 4 is 57.1 Å². The van der Waals surface area contributed by atoms with Crippen molar-refractivity contribution in [3.8, 4) is 11.5 Å². The van der Waals surface area contributed by atoms with E-state index in [9.17, 15) is 4.79 Å². The van der Waals surface area contributed by atoms with Gasteiger partial charge in [-0.05, 0) is 53.6 Å². The van der Waals surface area contributed by atoms with Crippen LogP contribution >= 0.6 is 39.1 Å². The van der Waals surface area contributed by atoms with Crippen LogP contribution in [0.5, 0.6) is 11.5 Å². The van der Waals surface area contributed by atoms with Crippen LogP contribution in [0.25, 0.3) is 6.08 Å². The van der Waals surface area contributed by atoms with Crippen molar-refractivity contribution in [2.75, 3.05) is 7.11 Å². The molecule has 3 aromatic carbocycles. The minimum Gasteiger partial charge on any atom is -0.493 e. The van der Waals surface area contributed by atoms with E-state index in [0.717, 1.165) is 10.0 Å². The summed E-state index contributed by atoms with van der Waals surface area (Å²) < 4.78 is 17.6. The molecule has 0 radical (unpaired) electrons. The van der Waals surface area contributed by atoms with Gasteiger partial charge < -0.3 is 14.2 Å². The number of esters is 1. The van der Waals surface area contributed by atoms with Crippen LogP contribution in [0.3, 0.4) is 0 Å². The maximum absolute atomic E-state index is 12.3. The monoisotopic (exact) mass is 531 g/mol. The smallest absolute Gasteiger partial charge is 0.363 e. The number of halogens is 3. The predicted molar refractivity (Wildman–Crippen MR) is 129 cm³/mol. The maximum atomic E-state index is 12.3. The summed E-state index contributed by atoms with van der Waals surface area (Å²) in [5, 5.41) is 0.785. The molecule has 3 aromatic rings. The third kappa shape index (κ3) is 4.99. The first-order chi connectivity index (χ1) is 15.4. The van der Waals surface area contributed by atoms with Crippen LogP contribution < -0.4 is 9.47 Å². The van der Waals surface area contributed by atoms with Crippen LogP contribution in [0.4, 0.5) is 0 Å². The number of aliphatic imine (C=N–C) groups is 1. The number of nitrogens with zero attached hydrogens (tertiary/aromatic N) is 1. The molecule has 0 amide bonds.